The first-order chi connectivity index (χ1) is 9.93. The molecule has 0 spiro atoms. The van der Waals surface area contributed by atoms with Crippen LogP contribution in [0.15, 0.2) is 18.2 Å². The second-order valence-electron chi connectivity index (χ2n) is 4.88. The van der Waals surface area contributed by atoms with Crippen LogP contribution in [0.5, 0.6) is 0 Å². The monoisotopic (exact) mass is 308 g/mol. The SMILES string of the molecule is Cc1nn(Cc2cc(Cl)ccc2[N+](=O)[O-])c(C)c1CCN. The summed E-state index contributed by atoms with van der Waals surface area (Å²) in [6, 6.07) is 4.55. The standard InChI is InChI=1S/C14H17ClN4O2/c1-9-13(5-6-16)10(2)18(17-9)8-11-7-12(15)3-4-14(11)19(20)21/h3-4,7H,5-6,8,16H2,1-2H3. The van der Waals surface area contributed by atoms with Gasteiger partial charge >= 0.3 is 0 Å². The zero-order valence-corrected chi connectivity index (χ0v) is 12.7. The highest BCUT2D eigenvalue weighted by Gasteiger charge is 2.17. The molecule has 2 rings (SSSR count). The number of nitrogens with zero attached hydrogens (tertiary/aromatic N) is 3. The van der Waals surface area contributed by atoms with E-state index >= 15 is 0 Å². The van der Waals surface area contributed by atoms with Gasteiger partial charge in [0.15, 0.2) is 0 Å². The molecule has 0 aliphatic carbocycles. The van der Waals surface area contributed by atoms with Crippen LogP contribution in [0.1, 0.15) is 22.5 Å². The number of aromatic nitrogens is 2. The predicted octanol–water partition coefficient (Wildman–Crippen LogP) is 2.61. The summed E-state index contributed by atoms with van der Waals surface area (Å²) in [5.74, 6) is 0. The van der Waals surface area contributed by atoms with E-state index in [1.54, 1.807) is 10.7 Å². The first-order valence-corrected chi connectivity index (χ1v) is 6.97. The zero-order chi connectivity index (χ0) is 15.6. The lowest BCUT2D eigenvalue weighted by Gasteiger charge is -2.07. The van der Waals surface area contributed by atoms with Crippen LogP contribution in [0, 0.1) is 24.0 Å². The van der Waals surface area contributed by atoms with Gasteiger partial charge in [-0.05, 0) is 44.5 Å². The number of halogens is 1. The van der Waals surface area contributed by atoms with Gasteiger partial charge in [0.1, 0.15) is 0 Å². The van der Waals surface area contributed by atoms with E-state index < -0.39 is 4.92 Å². The van der Waals surface area contributed by atoms with Gasteiger partial charge in [-0.25, -0.2) is 0 Å². The fourth-order valence-electron chi connectivity index (χ4n) is 2.41. The first kappa shape index (κ1) is 15.5. The van der Waals surface area contributed by atoms with Crippen molar-refractivity contribution in [2.75, 3.05) is 6.54 Å². The maximum absolute atomic E-state index is 11.1. The molecule has 1 aromatic carbocycles. The number of aryl methyl sites for hydroxylation is 1. The first-order valence-electron chi connectivity index (χ1n) is 6.59. The van der Waals surface area contributed by atoms with Crippen molar-refractivity contribution in [2.45, 2.75) is 26.8 Å². The molecular weight excluding hydrogens is 292 g/mol. The Morgan fingerprint density at radius 2 is 2.14 bits per heavy atom. The second kappa shape index (κ2) is 6.24. The molecule has 21 heavy (non-hydrogen) atoms. The summed E-state index contributed by atoms with van der Waals surface area (Å²) in [7, 11) is 0. The minimum absolute atomic E-state index is 0.0485. The predicted molar refractivity (Wildman–Crippen MR) is 81.7 cm³/mol. The molecular formula is C14H17ClN4O2. The summed E-state index contributed by atoms with van der Waals surface area (Å²) >= 11 is 5.94. The molecule has 112 valence electrons. The molecule has 2 N–H and O–H groups in total. The third-order valence-corrected chi connectivity index (χ3v) is 3.72. The lowest BCUT2D eigenvalue weighted by atomic mass is 10.1. The number of hydrogen-bond donors (Lipinski definition) is 1. The van der Waals surface area contributed by atoms with Crippen molar-refractivity contribution in [3.8, 4) is 0 Å². The number of benzene rings is 1. The van der Waals surface area contributed by atoms with Gasteiger partial charge in [-0.3, -0.25) is 14.8 Å². The normalized spacial score (nSPS) is 10.9. The van der Waals surface area contributed by atoms with Gasteiger partial charge in [0.05, 0.1) is 22.7 Å². The summed E-state index contributed by atoms with van der Waals surface area (Å²) < 4.78 is 1.76. The molecule has 0 bridgehead atoms. The van der Waals surface area contributed by atoms with Gasteiger partial charge in [-0.2, -0.15) is 5.10 Å². The maximum atomic E-state index is 11.1. The Hall–Kier alpha value is -1.92. The van der Waals surface area contributed by atoms with Crippen molar-refractivity contribution < 1.29 is 4.92 Å². The molecule has 0 unspecified atom stereocenters. The third kappa shape index (κ3) is 3.22. The fraction of sp³-hybridized carbons (Fsp3) is 0.357. The highest BCUT2D eigenvalue weighted by atomic mass is 35.5. The quantitative estimate of drug-likeness (QED) is 0.679. The molecule has 0 saturated heterocycles. The number of nitrogens with two attached hydrogens (primary N) is 1. The summed E-state index contributed by atoms with van der Waals surface area (Å²) in [4.78, 5) is 10.7. The van der Waals surface area contributed by atoms with Crippen molar-refractivity contribution >= 4 is 17.3 Å². The molecule has 7 heteroatoms. The fourth-order valence-corrected chi connectivity index (χ4v) is 2.61. The van der Waals surface area contributed by atoms with E-state index in [4.69, 9.17) is 17.3 Å². The topological polar surface area (TPSA) is 87.0 Å². The third-order valence-electron chi connectivity index (χ3n) is 3.48. The van der Waals surface area contributed by atoms with Crippen molar-refractivity contribution in [3.05, 3.63) is 55.9 Å². The Kier molecular flexibility index (Phi) is 4.59. The van der Waals surface area contributed by atoms with Gasteiger partial charge in [0.2, 0.25) is 0 Å². The van der Waals surface area contributed by atoms with Crippen LogP contribution in [0.3, 0.4) is 0 Å². The second-order valence-corrected chi connectivity index (χ2v) is 5.31. The average molecular weight is 309 g/mol. The summed E-state index contributed by atoms with van der Waals surface area (Å²) in [6.07, 6.45) is 0.745. The highest BCUT2D eigenvalue weighted by Crippen LogP contribution is 2.24. The molecule has 1 heterocycles. The van der Waals surface area contributed by atoms with E-state index in [0.717, 1.165) is 23.4 Å². The number of nitro benzene ring substituents is 1. The van der Waals surface area contributed by atoms with E-state index in [-0.39, 0.29) is 5.69 Å². The van der Waals surface area contributed by atoms with E-state index in [0.29, 0.717) is 23.7 Å². The molecule has 6 nitrogen and oxygen atoms in total. The summed E-state index contributed by atoms with van der Waals surface area (Å²) in [5.41, 5.74) is 9.17. The Morgan fingerprint density at radius 1 is 1.43 bits per heavy atom. The van der Waals surface area contributed by atoms with E-state index in [2.05, 4.69) is 5.10 Å². The summed E-state index contributed by atoms with van der Waals surface area (Å²) in [6.45, 7) is 4.72. The lowest BCUT2D eigenvalue weighted by Crippen LogP contribution is -2.08. The molecule has 1 aromatic heterocycles. The van der Waals surface area contributed by atoms with Crippen molar-refractivity contribution in [3.63, 3.8) is 0 Å². The Balaban J connectivity index is 2.41. The number of hydrogen-bond acceptors (Lipinski definition) is 4. The van der Waals surface area contributed by atoms with Crippen molar-refractivity contribution in [2.24, 2.45) is 5.73 Å². The molecule has 2 aromatic rings. The average Bonchev–Trinajstić information content (AvgIpc) is 2.67. The number of rotatable bonds is 5. The minimum atomic E-state index is -0.405. The summed E-state index contributed by atoms with van der Waals surface area (Å²) in [5, 5.41) is 16.0. The van der Waals surface area contributed by atoms with Gasteiger partial charge < -0.3 is 5.73 Å². The minimum Gasteiger partial charge on any atom is -0.330 e. The zero-order valence-electron chi connectivity index (χ0n) is 12.0. The molecule has 0 aliphatic rings. The molecule has 0 aliphatic heterocycles. The molecule has 0 fully saturated rings. The molecule has 0 amide bonds. The Labute approximate surface area is 127 Å². The van der Waals surface area contributed by atoms with E-state index in [1.165, 1.54) is 12.1 Å². The van der Waals surface area contributed by atoms with Crippen LogP contribution in [0.4, 0.5) is 5.69 Å². The van der Waals surface area contributed by atoms with Crippen LogP contribution in [-0.4, -0.2) is 21.2 Å². The maximum Gasteiger partial charge on any atom is 0.274 e. The van der Waals surface area contributed by atoms with Crippen LogP contribution in [-0.2, 0) is 13.0 Å². The lowest BCUT2D eigenvalue weighted by molar-refractivity contribution is -0.385. The van der Waals surface area contributed by atoms with Gasteiger partial charge in [-0.1, -0.05) is 11.6 Å². The van der Waals surface area contributed by atoms with Gasteiger partial charge in [0, 0.05) is 16.8 Å². The Bertz CT molecular complexity index is 682. The van der Waals surface area contributed by atoms with Gasteiger partial charge in [0.25, 0.3) is 5.69 Å². The molecule has 0 radical (unpaired) electrons. The number of nitro groups is 1. The molecule has 0 saturated carbocycles. The van der Waals surface area contributed by atoms with Gasteiger partial charge in [-0.15, -0.1) is 0 Å². The van der Waals surface area contributed by atoms with Crippen LogP contribution in [0.25, 0.3) is 0 Å². The van der Waals surface area contributed by atoms with Crippen molar-refractivity contribution in [1.29, 1.82) is 0 Å². The highest BCUT2D eigenvalue weighted by molar-refractivity contribution is 6.30. The van der Waals surface area contributed by atoms with Crippen LogP contribution in [0.2, 0.25) is 5.02 Å². The van der Waals surface area contributed by atoms with Crippen LogP contribution < -0.4 is 5.73 Å². The van der Waals surface area contributed by atoms with Crippen molar-refractivity contribution in [1.82, 2.24) is 9.78 Å². The van der Waals surface area contributed by atoms with E-state index in [1.807, 2.05) is 13.8 Å². The Morgan fingerprint density at radius 3 is 2.76 bits per heavy atom. The van der Waals surface area contributed by atoms with Crippen LogP contribution >= 0.6 is 11.6 Å². The van der Waals surface area contributed by atoms with E-state index in [9.17, 15) is 10.1 Å². The largest absolute Gasteiger partial charge is 0.330 e. The smallest absolute Gasteiger partial charge is 0.274 e. The molecule has 0 atom stereocenters.